The molecule has 3 nitrogen and oxygen atoms in total. The highest BCUT2D eigenvalue weighted by atomic mass is 16.2. The maximum atomic E-state index is 12.1. The minimum absolute atomic E-state index is 0.111. The van der Waals surface area contributed by atoms with E-state index < -0.39 is 0 Å². The molecule has 0 aromatic heterocycles. The molecule has 2 N–H and O–H groups in total. The van der Waals surface area contributed by atoms with Crippen LogP contribution in [0.25, 0.3) is 0 Å². The Morgan fingerprint density at radius 1 is 1.40 bits per heavy atom. The predicted octanol–water partition coefficient (Wildman–Crippen LogP) is 1.62. The molecule has 1 heterocycles. The van der Waals surface area contributed by atoms with E-state index in [1.54, 1.807) is 0 Å². The van der Waals surface area contributed by atoms with Crippen LogP contribution in [-0.2, 0) is 4.79 Å². The maximum absolute atomic E-state index is 12.1. The zero-order chi connectivity index (χ0) is 11.8. The Bertz CT molecular complexity index is 244. The van der Waals surface area contributed by atoms with Crippen molar-refractivity contribution in [1.29, 1.82) is 0 Å². The SMILES string of the molecule is CC1CC(C)N(C(=O)[C@H](N)C(C)(C)C)C1. The fourth-order valence-corrected chi connectivity index (χ4v) is 2.16. The Morgan fingerprint density at radius 3 is 2.27 bits per heavy atom. The number of amides is 1. The molecule has 1 saturated heterocycles. The predicted molar refractivity (Wildman–Crippen MR) is 62.4 cm³/mol. The van der Waals surface area contributed by atoms with E-state index in [2.05, 4.69) is 13.8 Å². The third-order valence-electron chi connectivity index (χ3n) is 3.27. The zero-order valence-electron chi connectivity index (χ0n) is 10.6. The fourth-order valence-electron chi connectivity index (χ4n) is 2.16. The molecule has 1 aliphatic rings. The molecule has 0 spiro atoms. The van der Waals surface area contributed by atoms with Crippen molar-refractivity contribution in [3.63, 3.8) is 0 Å². The van der Waals surface area contributed by atoms with Crippen LogP contribution in [0.3, 0.4) is 0 Å². The number of carbonyl (C=O) groups is 1. The quantitative estimate of drug-likeness (QED) is 0.718. The van der Waals surface area contributed by atoms with Gasteiger partial charge in [0.25, 0.3) is 0 Å². The molecule has 3 heteroatoms. The molecule has 0 aromatic carbocycles. The second kappa shape index (κ2) is 4.12. The van der Waals surface area contributed by atoms with Gasteiger partial charge in [-0.3, -0.25) is 4.79 Å². The van der Waals surface area contributed by atoms with Crippen LogP contribution in [0, 0.1) is 11.3 Å². The molecule has 1 aliphatic heterocycles. The maximum Gasteiger partial charge on any atom is 0.240 e. The molecule has 3 atom stereocenters. The highest BCUT2D eigenvalue weighted by Gasteiger charge is 2.36. The summed E-state index contributed by atoms with van der Waals surface area (Å²) in [4.78, 5) is 14.1. The molecule has 1 rings (SSSR count). The van der Waals surface area contributed by atoms with Gasteiger partial charge in [-0.05, 0) is 24.7 Å². The Labute approximate surface area is 93.0 Å². The first-order chi connectivity index (χ1) is 6.73. The van der Waals surface area contributed by atoms with Gasteiger partial charge in [0.05, 0.1) is 6.04 Å². The number of nitrogens with zero attached hydrogens (tertiary/aromatic N) is 1. The highest BCUT2D eigenvalue weighted by molar-refractivity contribution is 5.83. The van der Waals surface area contributed by atoms with E-state index in [9.17, 15) is 4.79 Å². The van der Waals surface area contributed by atoms with Crippen LogP contribution < -0.4 is 5.73 Å². The van der Waals surface area contributed by atoms with E-state index in [4.69, 9.17) is 5.73 Å². The lowest BCUT2D eigenvalue weighted by Crippen LogP contribution is -2.51. The number of likely N-dealkylation sites (tertiary alicyclic amines) is 1. The molecule has 0 bridgehead atoms. The van der Waals surface area contributed by atoms with Gasteiger partial charge in [0.1, 0.15) is 0 Å². The lowest BCUT2D eigenvalue weighted by atomic mass is 9.86. The standard InChI is InChI=1S/C12H24N2O/c1-8-6-9(2)14(7-8)11(15)10(13)12(3,4)5/h8-10H,6-7,13H2,1-5H3/t8?,9?,10-/m0/s1. The largest absolute Gasteiger partial charge is 0.338 e. The third kappa shape index (κ3) is 2.71. The molecular formula is C12H24N2O. The summed E-state index contributed by atoms with van der Waals surface area (Å²) in [5.74, 6) is 0.718. The first-order valence-electron chi connectivity index (χ1n) is 5.79. The van der Waals surface area contributed by atoms with E-state index in [0.29, 0.717) is 12.0 Å². The summed E-state index contributed by atoms with van der Waals surface area (Å²) in [5.41, 5.74) is 5.84. The van der Waals surface area contributed by atoms with Crippen molar-refractivity contribution in [2.45, 2.75) is 53.1 Å². The summed E-state index contributed by atoms with van der Waals surface area (Å²) < 4.78 is 0. The van der Waals surface area contributed by atoms with Gasteiger partial charge in [-0.15, -0.1) is 0 Å². The molecule has 0 aliphatic carbocycles. The number of carbonyl (C=O) groups excluding carboxylic acids is 1. The van der Waals surface area contributed by atoms with Crippen LogP contribution in [0.15, 0.2) is 0 Å². The number of hydrogen-bond acceptors (Lipinski definition) is 2. The minimum atomic E-state index is -0.384. The lowest BCUT2D eigenvalue weighted by molar-refractivity contribution is -0.135. The van der Waals surface area contributed by atoms with Crippen LogP contribution in [0.2, 0.25) is 0 Å². The third-order valence-corrected chi connectivity index (χ3v) is 3.27. The van der Waals surface area contributed by atoms with Crippen molar-refractivity contribution in [3.8, 4) is 0 Å². The first-order valence-corrected chi connectivity index (χ1v) is 5.79. The van der Waals surface area contributed by atoms with Crippen molar-refractivity contribution >= 4 is 5.91 Å². The second-order valence-electron chi connectivity index (χ2n) is 6.02. The lowest BCUT2D eigenvalue weighted by Gasteiger charge is -2.32. The summed E-state index contributed by atoms with van der Waals surface area (Å²) in [5, 5.41) is 0. The summed E-state index contributed by atoms with van der Waals surface area (Å²) in [6, 6.07) is -0.0360. The zero-order valence-corrected chi connectivity index (χ0v) is 10.6. The smallest absolute Gasteiger partial charge is 0.240 e. The summed E-state index contributed by atoms with van der Waals surface area (Å²) in [7, 11) is 0. The summed E-state index contributed by atoms with van der Waals surface area (Å²) >= 11 is 0. The normalized spacial score (nSPS) is 29.3. The average Bonchev–Trinajstić information content (AvgIpc) is 2.41. The number of rotatable bonds is 1. The molecule has 0 saturated carbocycles. The summed E-state index contributed by atoms with van der Waals surface area (Å²) in [6.45, 7) is 11.2. The fraction of sp³-hybridized carbons (Fsp3) is 0.917. The van der Waals surface area contributed by atoms with Crippen LogP contribution >= 0.6 is 0 Å². The monoisotopic (exact) mass is 212 g/mol. The van der Waals surface area contributed by atoms with Gasteiger partial charge < -0.3 is 10.6 Å². The molecule has 2 unspecified atom stereocenters. The molecule has 1 amide bonds. The van der Waals surface area contributed by atoms with Crippen molar-refractivity contribution in [2.24, 2.45) is 17.1 Å². The van der Waals surface area contributed by atoms with Crippen molar-refractivity contribution in [3.05, 3.63) is 0 Å². The Hall–Kier alpha value is -0.570. The average molecular weight is 212 g/mol. The summed E-state index contributed by atoms with van der Waals surface area (Å²) in [6.07, 6.45) is 1.10. The molecule has 15 heavy (non-hydrogen) atoms. The van der Waals surface area contributed by atoms with E-state index >= 15 is 0 Å². The van der Waals surface area contributed by atoms with Gasteiger partial charge in [0.15, 0.2) is 0 Å². The number of hydrogen-bond donors (Lipinski definition) is 1. The first kappa shape index (κ1) is 12.5. The Balaban J connectivity index is 2.69. The van der Waals surface area contributed by atoms with Crippen LogP contribution in [0.4, 0.5) is 0 Å². The van der Waals surface area contributed by atoms with E-state index in [-0.39, 0.29) is 17.4 Å². The molecule has 0 aromatic rings. The van der Waals surface area contributed by atoms with Gasteiger partial charge >= 0.3 is 0 Å². The van der Waals surface area contributed by atoms with Gasteiger partial charge in [0, 0.05) is 12.6 Å². The van der Waals surface area contributed by atoms with Crippen molar-refractivity contribution in [1.82, 2.24) is 4.90 Å². The minimum Gasteiger partial charge on any atom is -0.338 e. The Kier molecular flexibility index (Phi) is 3.44. The van der Waals surface area contributed by atoms with Gasteiger partial charge in [-0.1, -0.05) is 27.7 Å². The van der Waals surface area contributed by atoms with Crippen LogP contribution in [-0.4, -0.2) is 29.4 Å². The van der Waals surface area contributed by atoms with Crippen LogP contribution in [0.1, 0.15) is 41.0 Å². The molecule has 0 radical (unpaired) electrons. The highest BCUT2D eigenvalue weighted by Crippen LogP contribution is 2.26. The van der Waals surface area contributed by atoms with Gasteiger partial charge in [-0.2, -0.15) is 0 Å². The van der Waals surface area contributed by atoms with E-state index in [1.807, 2.05) is 25.7 Å². The molecular weight excluding hydrogens is 188 g/mol. The van der Waals surface area contributed by atoms with E-state index in [1.165, 1.54) is 0 Å². The molecule has 1 fully saturated rings. The molecule has 88 valence electrons. The van der Waals surface area contributed by atoms with Crippen molar-refractivity contribution in [2.75, 3.05) is 6.54 Å². The van der Waals surface area contributed by atoms with Gasteiger partial charge in [-0.25, -0.2) is 0 Å². The topological polar surface area (TPSA) is 46.3 Å². The van der Waals surface area contributed by atoms with Crippen LogP contribution in [0.5, 0.6) is 0 Å². The second-order valence-corrected chi connectivity index (χ2v) is 6.02. The number of nitrogens with two attached hydrogens (primary N) is 1. The Morgan fingerprint density at radius 2 is 1.93 bits per heavy atom. The van der Waals surface area contributed by atoms with Crippen molar-refractivity contribution < 1.29 is 4.79 Å². The van der Waals surface area contributed by atoms with Gasteiger partial charge in [0.2, 0.25) is 5.91 Å². The van der Waals surface area contributed by atoms with E-state index in [0.717, 1.165) is 13.0 Å².